The second-order valence-corrected chi connectivity index (χ2v) is 4.85. The summed E-state index contributed by atoms with van der Waals surface area (Å²) >= 11 is 0. The van der Waals surface area contributed by atoms with Gasteiger partial charge in [0.05, 0.1) is 0 Å². The number of H-pyrrole nitrogens is 1. The normalized spacial score (nSPS) is 10.9. The number of hydrogen-bond acceptors (Lipinski definition) is 6. The molecule has 0 aliphatic heterocycles. The summed E-state index contributed by atoms with van der Waals surface area (Å²) in [6, 6.07) is 19.4. The van der Waals surface area contributed by atoms with Gasteiger partial charge in [0.2, 0.25) is 5.82 Å². The Bertz CT molecular complexity index is 852. The molecule has 24 heavy (non-hydrogen) atoms. The molecule has 2 N–H and O–H groups in total. The van der Waals surface area contributed by atoms with Gasteiger partial charge in [0.1, 0.15) is 24.0 Å². The minimum absolute atomic E-state index is 0.244. The molecule has 3 aromatic rings. The lowest BCUT2D eigenvalue weighted by molar-refractivity contribution is 0.306. The lowest BCUT2D eigenvalue weighted by Gasteiger charge is -2.08. The van der Waals surface area contributed by atoms with Crippen molar-refractivity contribution in [3.05, 3.63) is 72.2 Å². The molecular weight excluding hydrogens is 304 g/mol. The van der Waals surface area contributed by atoms with Gasteiger partial charge in [-0.25, -0.2) is 0 Å². The van der Waals surface area contributed by atoms with Crippen molar-refractivity contribution in [2.45, 2.75) is 6.61 Å². The summed E-state index contributed by atoms with van der Waals surface area (Å²) in [5.41, 5.74) is 2.13. The largest absolute Gasteiger partial charge is 0.489 e. The van der Waals surface area contributed by atoms with Crippen molar-refractivity contribution in [2.75, 3.05) is 5.32 Å². The molecule has 0 atom stereocenters. The summed E-state index contributed by atoms with van der Waals surface area (Å²) in [7, 11) is 0. The molecule has 0 spiro atoms. The molecule has 0 radical (unpaired) electrons. The van der Waals surface area contributed by atoms with E-state index in [2.05, 4.69) is 25.9 Å². The lowest BCUT2D eigenvalue weighted by atomic mass is 10.2. The molecule has 118 valence electrons. The number of benzene rings is 2. The van der Waals surface area contributed by atoms with Gasteiger partial charge in [-0.3, -0.25) is 0 Å². The first kappa shape index (κ1) is 15.2. The molecule has 0 fully saturated rings. The van der Waals surface area contributed by atoms with Crippen LogP contribution in [0.3, 0.4) is 0 Å². The Morgan fingerprint density at radius 1 is 1.21 bits per heavy atom. The molecule has 0 aliphatic carbocycles. The van der Waals surface area contributed by atoms with E-state index >= 15 is 0 Å². The molecule has 2 aromatic carbocycles. The highest BCUT2D eigenvalue weighted by Crippen LogP contribution is 2.16. The van der Waals surface area contributed by atoms with E-state index in [1.165, 1.54) is 0 Å². The zero-order valence-electron chi connectivity index (χ0n) is 12.7. The third-order valence-electron chi connectivity index (χ3n) is 3.17. The number of nitrogens with zero attached hydrogens (tertiary/aromatic N) is 4. The van der Waals surface area contributed by atoms with Crippen LogP contribution in [0.4, 0.5) is 5.69 Å². The zero-order valence-corrected chi connectivity index (χ0v) is 12.7. The maximum atomic E-state index is 9.14. The number of aromatic amines is 1. The van der Waals surface area contributed by atoms with E-state index in [0.717, 1.165) is 17.0 Å². The Morgan fingerprint density at radius 3 is 2.83 bits per heavy atom. The van der Waals surface area contributed by atoms with Gasteiger partial charge in [-0.05, 0) is 35.0 Å². The maximum absolute atomic E-state index is 9.14. The standard InChI is InChI=1S/C17H14N6O/c18-10-14(17-20-22-23-21-17)11-19-15-6-4-5-13(9-15)12-24-16-7-2-1-3-8-16/h1-9,11,19H,12H2,(H,20,21,22,23). The van der Waals surface area contributed by atoms with E-state index in [4.69, 9.17) is 10.00 Å². The van der Waals surface area contributed by atoms with Crippen LogP contribution in [0.5, 0.6) is 5.75 Å². The summed E-state index contributed by atoms with van der Waals surface area (Å²) in [5.74, 6) is 1.06. The summed E-state index contributed by atoms with van der Waals surface area (Å²) in [6.45, 7) is 0.458. The van der Waals surface area contributed by atoms with Crippen LogP contribution in [0.2, 0.25) is 0 Å². The van der Waals surface area contributed by atoms with Crippen LogP contribution >= 0.6 is 0 Å². The van der Waals surface area contributed by atoms with Crippen LogP contribution in [0.15, 0.2) is 60.8 Å². The molecule has 1 aromatic heterocycles. The maximum Gasteiger partial charge on any atom is 0.216 e. The highest BCUT2D eigenvalue weighted by Gasteiger charge is 2.05. The number of ether oxygens (including phenoxy) is 1. The highest BCUT2D eigenvalue weighted by atomic mass is 16.5. The molecular formula is C17H14N6O. The number of allylic oxidation sites excluding steroid dienone is 1. The minimum atomic E-state index is 0.244. The molecule has 0 saturated heterocycles. The number of anilines is 1. The van der Waals surface area contributed by atoms with Crippen LogP contribution < -0.4 is 10.1 Å². The molecule has 7 nitrogen and oxygen atoms in total. The molecule has 0 amide bonds. The lowest BCUT2D eigenvalue weighted by Crippen LogP contribution is -1.97. The predicted octanol–water partition coefficient (Wildman–Crippen LogP) is 2.76. The first-order valence-corrected chi connectivity index (χ1v) is 7.22. The smallest absolute Gasteiger partial charge is 0.216 e. The number of hydrogen-bond donors (Lipinski definition) is 2. The average molecular weight is 318 g/mol. The summed E-state index contributed by atoms with van der Waals surface area (Å²) in [6.07, 6.45) is 1.54. The monoisotopic (exact) mass is 318 g/mol. The number of aromatic nitrogens is 4. The van der Waals surface area contributed by atoms with Gasteiger partial charge in [0, 0.05) is 11.9 Å². The SMILES string of the molecule is N#CC(=CNc1cccc(COc2ccccc2)c1)c1nn[nH]n1. The van der Waals surface area contributed by atoms with E-state index < -0.39 is 0 Å². The van der Waals surface area contributed by atoms with Crippen molar-refractivity contribution in [3.8, 4) is 11.8 Å². The Labute approximate surface area is 138 Å². The average Bonchev–Trinajstić information content (AvgIpc) is 3.16. The van der Waals surface area contributed by atoms with Crippen LogP contribution in [0.1, 0.15) is 11.4 Å². The van der Waals surface area contributed by atoms with E-state index in [1.807, 2.05) is 60.7 Å². The van der Waals surface area contributed by atoms with Gasteiger partial charge in [0.15, 0.2) is 0 Å². The fourth-order valence-electron chi connectivity index (χ4n) is 2.01. The molecule has 3 rings (SSSR count). The van der Waals surface area contributed by atoms with Gasteiger partial charge >= 0.3 is 0 Å². The number of nitriles is 1. The number of tetrazole rings is 1. The van der Waals surface area contributed by atoms with Gasteiger partial charge in [-0.1, -0.05) is 30.3 Å². The second-order valence-electron chi connectivity index (χ2n) is 4.85. The first-order valence-electron chi connectivity index (χ1n) is 7.22. The van der Waals surface area contributed by atoms with Gasteiger partial charge < -0.3 is 10.1 Å². The molecule has 1 heterocycles. The zero-order chi connectivity index (χ0) is 16.6. The van der Waals surface area contributed by atoms with E-state index in [9.17, 15) is 0 Å². The van der Waals surface area contributed by atoms with Gasteiger partial charge in [-0.15, -0.1) is 10.2 Å². The molecule has 0 saturated carbocycles. The third kappa shape index (κ3) is 3.96. The molecule has 0 bridgehead atoms. The van der Waals surface area contributed by atoms with Crippen LogP contribution in [-0.2, 0) is 6.61 Å². The summed E-state index contributed by atoms with van der Waals surface area (Å²) in [4.78, 5) is 0. The van der Waals surface area contributed by atoms with Crippen molar-refractivity contribution in [1.29, 1.82) is 5.26 Å². The Balaban J connectivity index is 1.66. The summed E-state index contributed by atoms with van der Waals surface area (Å²) < 4.78 is 5.72. The molecule has 7 heteroatoms. The minimum Gasteiger partial charge on any atom is -0.489 e. The van der Waals surface area contributed by atoms with Crippen molar-refractivity contribution in [3.63, 3.8) is 0 Å². The van der Waals surface area contributed by atoms with Crippen molar-refractivity contribution < 1.29 is 4.74 Å². The van der Waals surface area contributed by atoms with E-state index in [1.54, 1.807) is 6.20 Å². The second kappa shape index (κ2) is 7.56. The fourth-order valence-corrected chi connectivity index (χ4v) is 2.01. The Hall–Kier alpha value is -3.66. The summed E-state index contributed by atoms with van der Waals surface area (Å²) in [5, 5.41) is 25.5. The van der Waals surface area contributed by atoms with Crippen LogP contribution in [0, 0.1) is 11.3 Å². The Morgan fingerprint density at radius 2 is 2.08 bits per heavy atom. The quantitative estimate of drug-likeness (QED) is 0.678. The fraction of sp³-hybridized carbons (Fsp3) is 0.0588. The van der Waals surface area contributed by atoms with Crippen molar-refractivity contribution in [1.82, 2.24) is 20.6 Å². The molecule has 0 unspecified atom stereocenters. The number of nitrogens with one attached hydrogen (secondary N) is 2. The van der Waals surface area contributed by atoms with Crippen molar-refractivity contribution in [2.24, 2.45) is 0 Å². The van der Waals surface area contributed by atoms with Crippen molar-refractivity contribution >= 4 is 11.3 Å². The number of para-hydroxylation sites is 1. The third-order valence-corrected chi connectivity index (χ3v) is 3.17. The predicted molar refractivity (Wildman–Crippen MR) is 88.6 cm³/mol. The topological polar surface area (TPSA) is 99.5 Å². The highest BCUT2D eigenvalue weighted by molar-refractivity contribution is 5.74. The van der Waals surface area contributed by atoms with Gasteiger partial charge in [-0.2, -0.15) is 10.5 Å². The van der Waals surface area contributed by atoms with Crippen LogP contribution in [-0.4, -0.2) is 20.6 Å². The molecule has 0 aliphatic rings. The Kier molecular flexibility index (Phi) is 4.80. The van der Waals surface area contributed by atoms with Gasteiger partial charge in [0.25, 0.3) is 0 Å². The number of rotatable bonds is 6. The first-order chi connectivity index (χ1) is 11.8. The van der Waals surface area contributed by atoms with Crippen LogP contribution in [0.25, 0.3) is 5.57 Å². The van der Waals surface area contributed by atoms with E-state index in [-0.39, 0.29) is 11.4 Å². The van der Waals surface area contributed by atoms with E-state index in [0.29, 0.717) is 6.61 Å².